The highest BCUT2D eigenvalue weighted by Crippen LogP contribution is 2.16. The summed E-state index contributed by atoms with van der Waals surface area (Å²) in [5, 5.41) is 14.6. The fraction of sp³-hybridized carbons (Fsp3) is 0.222. The number of hydrogen-bond acceptors (Lipinski definition) is 4. The molecule has 35 heavy (non-hydrogen) atoms. The highest BCUT2D eigenvalue weighted by Gasteiger charge is 2.27. The number of halogens is 1. The van der Waals surface area contributed by atoms with E-state index in [0.717, 1.165) is 5.56 Å². The third-order valence-corrected chi connectivity index (χ3v) is 5.30. The van der Waals surface area contributed by atoms with E-state index in [4.69, 9.17) is 4.74 Å². The molecule has 7 nitrogen and oxygen atoms in total. The van der Waals surface area contributed by atoms with Crippen LogP contribution in [-0.2, 0) is 33.8 Å². The quantitative estimate of drug-likeness (QED) is 0.392. The van der Waals surface area contributed by atoms with E-state index >= 15 is 0 Å². The summed E-state index contributed by atoms with van der Waals surface area (Å²) in [6.07, 6.45) is -0.0929. The average molecular weight is 479 g/mol. The van der Waals surface area contributed by atoms with Crippen LogP contribution in [-0.4, -0.2) is 35.0 Å². The molecule has 0 aliphatic heterocycles. The summed E-state index contributed by atoms with van der Waals surface area (Å²) >= 11 is 0. The third-order valence-electron chi connectivity index (χ3n) is 5.30. The van der Waals surface area contributed by atoms with Gasteiger partial charge in [0.25, 0.3) is 0 Å². The summed E-state index contributed by atoms with van der Waals surface area (Å²) in [4.78, 5) is 36.3. The lowest BCUT2D eigenvalue weighted by Gasteiger charge is -2.21. The van der Waals surface area contributed by atoms with Crippen molar-refractivity contribution in [3.63, 3.8) is 0 Å². The Balaban J connectivity index is 1.63. The fourth-order valence-corrected chi connectivity index (χ4v) is 3.51. The van der Waals surface area contributed by atoms with Crippen LogP contribution < -0.4 is 15.4 Å². The zero-order valence-electron chi connectivity index (χ0n) is 19.2. The van der Waals surface area contributed by atoms with E-state index in [9.17, 15) is 23.9 Å². The first-order chi connectivity index (χ1) is 16.8. The number of ether oxygens (including phenoxy) is 1. The molecule has 0 bridgehead atoms. The molecule has 3 rings (SSSR count). The Kier molecular flexibility index (Phi) is 8.95. The average Bonchev–Trinajstić information content (AvgIpc) is 2.84. The summed E-state index contributed by atoms with van der Waals surface area (Å²) in [5.74, 6) is -2.31. The number of amides is 2. The second-order valence-corrected chi connectivity index (χ2v) is 8.07. The van der Waals surface area contributed by atoms with Crippen molar-refractivity contribution in [2.75, 3.05) is 0 Å². The smallest absolute Gasteiger partial charge is 0.326 e. The van der Waals surface area contributed by atoms with E-state index in [-0.39, 0.29) is 18.4 Å². The molecule has 0 saturated carbocycles. The first-order valence-corrected chi connectivity index (χ1v) is 11.1. The van der Waals surface area contributed by atoms with Crippen LogP contribution in [0.15, 0.2) is 78.9 Å². The van der Waals surface area contributed by atoms with Gasteiger partial charge in [-0.3, -0.25) is 9.59 Å². The third kappa shape index (κ3) is 7.96. The van der Waals surface area contributed by atoms with Crippen molar-refractivity contribution in [2.24, 2.45) is 0 Å². The summed E-state index contributed by atoms with van der Waals surface area (Å²) in [6.45, 7) is 1.64. The van der Waals surface area contributed by atoms with E-state index in [1.54, 1.807) is 30.3 Å². The number of carboxylic acid groups (broad SMARTS) is 1. The Morgan fingerprint density at radius 1 is 0.829 bits per heavy atom. The molecule has 2 amide bonds. The molecule has 3 aromatic carbocycles. The fourth-order valence-electron chi connectivity index (χ4n) is 3.51. The Bertz CT molecular complexity index is 1150. The van der Waals surface area contributed by atoms with E-state index < -0.39 is 35.7 Å². The van der Waals surface area contributed by atoms with E-state index in [1.165, 1.54) is 25.1 Å². The van der Waals surface area contributed by atoms with Crippen molar-refractivity contribution in [1.82, 2.24) is 10.6 Å². The number of carbonyl (C=O) groups excluding carboxylic acids is 2. The van der Waals surface area contributed by atoms with Crippen molar-refractivity contribution in [2.45, 2.75) is 38.5 Å². The number of rotatable bonds is 11. The van der Waals surface area contributed by atoms with Gasteiger partial charge in [0.1, 0.15) is 30.3 Å². The molecule has 8 heteroatoms. The van der Waals surface area contributed by atoms with Crippen LogP contribution in [0.2, 0.25) is 0 Å². The Morgan fingerprint density at radius 2 is 1.49 bits per heavy atom. The second kappa shape index (κ2) is 12.3. The monoisotopic (exact) mass is 478 g/mol. The van der Waals surface area contributed by atoms with Crippen LogP contribution in [0.3, 0.4) is 0 Å². The second-order valence-electron chi connectivity index (χ2n) is 8.07. The normalized spacial score (nSPS) is 12.3. The summed E-state index contributed by atoms with van der Waals surface area (Å²) < 4.78 is 19.8. The molecule has 0 fully saturated rings. The maximum absolute atomic E-state index is 14.1. The molecule has 0 radical (unpaired) electrons. The van der Waals surface area contributed by atoms with Gasteiger partial charge in [-0.1, -0.05) is 60.7 Å². The summed E-state index contributed by atoms with van der Waals surface area (Å²) in [5.41, 5.74) is 1.93. The van der Waals surface area contributed by atoms with Crippen molar-refractivity contribution < 1.29 is 28.6 Å². The van der Waals surface area contributed by atoms with Gasteiger partial charge < -0.3 is 20.5 Å². The molecular formula is C27H27FN2O5. The van der Waals surface area contributed by atoms with Gasteiger partial charge in [0.05, 0.1) is 0 Å². The minimum atomic E-state index is -1.24. The van der Waals surface area contributed by atoms with E-state index in [0.29, 0.717) is 17.9 Å². The van der Waals surface area contributed by atoms with Gasteiger partial charge in [-0.15, -0.1) is 0 Å². The molecule has 0 aromatic heterocycles. The Morgan fingerprint density at radius 3 is 2.11 bits per heavy atom. The Labute approximate surface area is 202 Å². The molecule has 0 aliphatic carbocycles. The standard InChI is InChI=1S/C27H27FN2O5/c1-18(31)29-24(16-21-9-5-6-10-23(21)28)26(32)30-25(27(33)34)15-19-11-13-22(14-12-19)35-17-20-7-3-2-4-8-20/h2-14,24-25H,15-17H2,1H3,(H,29,31)(H,30,32)(H,33,34)/t24-,25-/m1/s1. The molecule has 0 saturated heterocycles. The maximum Gasteiger partial charge on any atom is 0.326 e. The van der Waals surface area contributed by atoms with Gasteiger partial charge in [-0.05, 0) is 34.9 Å². The topological polar surface area (TPSA) is 105 Å². The van der Waals surface area contributed by atoms with Crippen LogP contribution in [0.5, 0.6) is 5.75 Å². The van der Waals surface area contributed by atoms with Gasteiger partial charge in [-0.25, -0.2) is 9.18 Å². The van der Waals surface area contributed by atoms with Crippen molar-refractivity contribution in [3.05, 3.63) is 101 Å². The number of benzene rings is 3. The minimum Gasteiger partial charge on any atom is -0.489 e. The highest BCUT2D eigenvalue weighted by molar-refractivity contribution is 5.90. The maximum atomic E-state index is 14.1. The molecule has 0 spiro atoms. The van der Waals surface area contributed by atoms with Crippen LogP contribution in [0.25, 0.3) is 0 Å². The van der Waals surface area contributed by atoms with E-state index in [2.05, 4.69) is 10.6 Å². The summed E-state index contributed by atoms with van der Waals surface area (Å²) in [6, 6.07) is 20.1. The van der Waals surface area contributed by atoms with Crippen molar-refractivity contribution >= 4 is 17.8 Å². The zero-order chi connectivity index (χ0) is 25.2. The molecule has 0 unspecified atom stereocenters. The van der Waals surface area contributed by atoms with Gasteiger partial charge in [0, 0.05) is 19.8 Å². The van der Waals surface area contributed by atoms with Crippen molar-refractivity contribution in [3.8, 4) is 5.75 Å². The van der Waals surface area contributed by atoms with Crippen LogP contribution in [0.1, 0.15) is 23.6 Å². The van der Waals surface area contributed by atoms with Gasteiger partial charge in [0.2, 0.25) is 11.8 Å². The molecule has 2 atom stereocenters. The van der Waals surface area contributed by atoms with Gasteiger partial charge in [0.15, 0.2) is 0 Å². The van der Waals surface area contributed by atoms with Crippen molar-refractivity contribution in [1.29, 1.82) is 0 Å². The number of carboxylic acids is 1. The molecular weight excluding hydrogens is 451 g/mol. The zero-order valence-corrected chi connectivity index (χ0v) is 19.2. The lowest BCUT2D eigenvalue weighted by atomic mass is 10.0. The predicted octanol–water partition coefficient (Wildman–Crippen LogP) is 3.26. The first-order valence-electron chi connectivity index (χ1n) is 11.1. The molecule has 182 valence electrons. The SMILES string of the molecule is CC(=O)N[C@H](Cc1ccccc1F)C(=O)N[C@H](Cc1ccc(OCc2ccccc2)cc1)C(=O)O. The minimum absolute atomic E-state index is 0.0204. The number of nitrogens with one attached hydrogen (secondary N) is 2. The largest absolute Gasteiger partial charge is 0.489 e. The van der Waals surface area contributed by atoms with Crippen LogP contribution in [0, 0.1) is 5.82 Å². The molecule has 3 N–H and O–H groups in total. The molecule has 0 heterocycles. The van der Waals surface area contributed by atoms with E-state index in [1.807, 2.05) is 30.3 Å². The lowest BCUT2D eigenvalue weighted by molar-refractivity contribution is -0.142. The number of hydrogen-bond donors (Lipinski definition) is 3. The Hall–Kier alpha value is -4.20. The first kappa shape index (κ1) is 25.4. The molecule has 0 aliphatic rings. The van der Waals surface area contributed by atoms with Gasteiger partial charge >= 0.3 is 5.97 Å². The number of carbonyl (C=O) groups is 3. The highest BCUT2D eigenvalue weighted by atomic mass is 19.1. The lowest BCUT2D eigenvalue weighted by Crippen LogP contribution is -2.52. The van der Waals surface area contributed by atoms with Crippen LogP contribution >= 0.6 is 0 Å². The van der Waals surface area contributed by atoms with Crippen LogP contribution in [0.4, 0.5) is 4.39 Å². The number of aliphatic carboxylic acids is 1. The van der Waals surface area contributed by atoms with Gasteiger partial charge in [-0.2, -0.15) is 0 Å². The summed E-state index contributed by atoms with van der Waals surface area (Å²) in [7, 11) is 0. The predicted molar refractivity (Wildman–Crippen MR) is 128 cm³/mol. The molecule has 3 aromatic rings.